The molecule has 0 saturated carbocycles. The van der Waals surface area contributed by atoms with E-state index in [-0.39, 0.29) is 10.8 Å². The van der Waals surface area contributed by atoms with Crippen LogP contribution < -0.4 is 0 Å². The van der Waals surface area contributed by atoms with Crippen molar-refractivity contribution in [3.8, 4) is 0 Å². The van der Waals surface area contributed by atoms with Gasteiger partial charge in [-0.1, -0.05) is 13.8 Å². The van der Waals surface area contributed by atoms with Gasteiger partial charge in [0, 0.05) is 11.4 Å². The lowest BCUT2D eigenvalue weighted by molar-refractivity contribution is -0.112. The summed E-state index contributed by atoms with van der Waals surface area (Å²) in [5.74, 6) is 0. The molecule has 0 aliphatic heterocycles. The smallest absolute Gasteiger partial charge is 0.130 e. The van der Waals surface area contributed by atoms with E-state index in [2.05, 4.69) is 32.7 Å². The van der Waals surface area contributed by atoms with Crippen molar-refractivity contribution in [3.63, 3.8) is 0 Å². The summed E-state index contributed by atoms with van der Waals surface area (Å²) in [6.07, 6.45) is 2.03. The fourth-order valence-electron chi connectivity index (χ4n) is 3.54. The van der Waals surface area contributed by atoms with Gasteiger partial charge in [-0.3, -0.25) is 0 Å². The van der Waals surface area contributed by atoms with E-state index in [0.29, 0.717) is 0 Å². The van der Waals surface area contributed by atoms with E-state index in [1.807, 2.05) is 6.92 Å². The predicted octanol–water partition coefficient (Wildman–Crippen LogP) is 2.77. The highest BCUT2D eigenvalue weighted by atomic mass is 16.1. The molecule has 1 atom stereocenters. The molecule has 0 saturated heterocycles. The minimum Gasteiger partial charge on any atom is -0.362 e. The van der Waals surface area contributed by atoms with Crippen molar-refractivity contribution in [2.24, 2.45) is 0 Å². The lowest BCUT2D eigenvalue weighted by Gasteiger charge is -2.23. The Kier molecular flexibility index (Phi) is 1.92. The summed E-state index contributed by atoms with van der Waals surface area (Å²) in [6.45, 7) is 10.7. The molecule has 1 N–H and O–H groups in total. The maximum Gasteiger partial charge on any atom is 0.130 e. The molecule has 0 unspecified atom stereocenters. The fourth-order valence-corrected chi connectivity index (χ4v) is 3.54. The zero-order valence-corrected chi connectivity index (χ0v) is 10.2. The van der Waals surface area contributed by atoms with Crippen molar-refractivity contribution in [1.82, 2.24) is 4.98 Å². The number of aromatic amines is 1. The van der Waals surface area contributed by atoms with Crippen LogP contribution in [0.2, 0.25) is 0 Å². The minimum atomic E-state index is -0.298. The third-order valence-electron chi connectivity index (χ3n) is 3.69. The zero-order chi connectivity index (χ0) is 11.4. The number of aromatic nitrogens is 1. The first kappa shape index (κ1) is 10.5. The standard InChI is InChI=1S/C13H19NO/c1-8-10-11(9(2)14-8)13(5,7-15)6-12(10,3)4/h7,14H,6H2,1-5H3/t13-/m1/s1. The van der Waals surface area contributed by atoms with Gasteiger partial charge in [-0.15, -0.1) is 0 Å². The molecule has 1 aliphatic rings. The molecule has 0 amide bonds. The summed E-state index contributed by atoms with van der Waals surface area (Å²) in [5.41, 5.74) is 4.78. The molecule has 2 heteroatoms. The monoisotopic (exact) mass is 205 g/mol. The molecular weight excluding hydrogens is 186 g/mol. The Labute approximate surface area is 91.1 Å². The van der Waals surface area contributed by atoms with Crippen molar-refractivity contribution < 1.29 is 4.79 Å². The van der Waals surface area contributed by atoms with Crippen LogP contribution in [0.15, 0.2) is 0 Å². The number of hydrogen-bond donors (Lipinski definition) is 1. The third-order valence-corrected chi connectivity index (χ3v) is 3.69. The first-order chi connectivity index (χ1) is 6.82. The van der Waals surface area contributed by atoms with Crippen LogP contribution >= 0.6 is 0 Å². The molecule has 0 spiro atoms. The Morgan fingerprint density at radius 1 is 1.13 bits per heavy atom. The van der Waals surface area contributed by atoms with Crippen LogP contribution in [0.3, 0.4) is 0 Å². The normalized spacial score (nSPS) is 27.8. The number of fused-ring (bicyclic) bond motifs is 1. The van der Waals surface area contributed by atoms with Crippen molar-refractivity contribution in [3.05, 3.63) is 22.5 Å². The molecule has 82 valence electrons. The van der Waals surface area contributed by atoms with Crippen molar-refractivity contribution in [2.75, 3.05) is 0 Å². The highest BCUT2D eigenvalue weighted by Crippen LogP contribution is 2.51. The number of nitrogens with one attached hydrogen (secondary N) is 1. The Balaban J connectivity index is 2.76. The molecule has 1 aromatic heterocycles. The topological polar surface area (TPSA) is 32.9 Å². The number of carbonyl (C=O) groups is 1. The fraction of sp³-hybridized carbons (Fsp3) is 0.615. The summed E-state index contributed by atoms with van der Waals surface area (Å²) in [5, 5.41) is 0. The maximum atomic E-state index is 11.3. The molecule has 0 fully saturated rings. The summed E-state index contributed by atoms with van der Waals surface area (Å²) in [7, 11) is 0. The van der Waals surface area contributed by atoms with E-state index >= 15 is 0 Å². The number of hydrogen-bond acceptors (Lipinski definition) is 1. The van der Waals surface area contributed by atoms with E-state index in [4.69, 9.17) is 0 Å². The zero-order valence-electron chi connectivity index (χ0n) is 10.2. The predicted molar refractivity (Wildman–Crippen MR) is 61.3 cm³/mol. The summed E-state index contributed by atoms with van der Waals surface area (Å²) >= 11 is 0. The van der Waals surface area contributed by atoms with Gasteiger partial charge in [-0.25, -0.2) is 0 Å². The molecule has 1 aromatic rings. The van der Waals surface area contributed by atoms with Gasteiger partial charge >= 0.3 is 0 Å². The van der Waals surface area contributed by atoms with Gasteiger partial charge in [0.05, 0.1) is 5.41 Å². The summed E-state index contributed by atoms with van der Waals surface area (Å²) in [4.78, 5) is 14.7. The highest BCUT2D eigenvalue weighted by Gasteiger charge is 2.47. The molecule has 2 nitrogen and oxygen atoms in total. The third kappa shape index (κ3) is 1.20. The molecule has 0 aromatic carbocycles. The minimum absolute atomic E-state index is 0.111. The number of aryl methyl sites for hydroxylation is 2. The van der Waals surface area contributed by atoms with Crippen LogP contribution in [0.4, 0.5) is 0 Å². The average Bonchev–Trinajstić information content (AvgIpc) is 2.51. The van der Waals surface area contributed by atoms with Gasteiger partial charge < -0.3 is 9.78 Å². The lowest BCUT2D eigenvalue weighted by Crippen LogP contribution is -2.24. The lowest BCUT2D eigenvalue weighted by atomic mass is 9.80. The first-order valence-corrected chi connectivity index (χ1v) is 5.48. The van der Waals surface area contributed by atoms with Crippen LogP contribution in [0.5, 0.6) is 0 Å². The number of carbonyl (C=O) groups excluding carboxylic acids is 1. The van der Waals surface area contributed by atoms with E-state index in [0.717, 1.165) is 18.4 Å². The summed E-state index contributed by atoms with van der Waals surface area (Å²) in [6, 6.07) is 0. The van der Waals surface area contributed by atoms with Gasteiger partial charge in [0.1, 0.15) is 6.29 Å². The number of H-pyrrole nitrogens is 1. The molecule has 2 rings (SSSR count). The van der Waals surface area contributed by atoms with Crippen molar-refractivity contribution >= 4 is 6.29 Å². The van der Waals surface area contributed by atoms with Gasteiger partial charge in [0.25, 0.3) is 0 Å². The average molecular weight is 205 g/mol. The van der Waals surface area contributed by atoms with Crippen LogP contribution in [-0.4, -0.2) is 11.3 Å². The molecular formula is C13H19NO. The molecule has 0 bridgehead atoms. The quantitative estimate of drug-likeness (QED) is 0.703. The molecule has 1 aliphatic carbocycles. The van der Waals surface area contributed by atoms with Crippen LogP contribution in [0.25, 0.3) is 0 Å². The highest BCUT2D eigenvalue weighted by molar-refractivity contribution is 5.74. The van der Waals surface area contributed by atoms with E-state index in [9.17, 15) is 4.79 Å². The van der Waals surface area contributed by atoms with Gasteiger partial charge in [-0.2, -0.15) is 0 Å². The molecule has 15 heavy (non-hydrogen) atoms. The maximum absolute atomic E-state index is 11.3. The van der Waals surface area contributed by atoms with Gasteiger partial charge in [-0.05, 0) is 43.7 Å². The first-order valence-electron chi connectivity index (χ1n) is 5.48. The van der Waals surface area contributed by atoms with Crippen LogP contribution in [0, 0.1) is 13.8 Å². The number of rotatable bonds is 1. The Morgan fingerprint density at radius 2 is 1.67 bits per heavy atom. The second kappa shape index (κ2) is 2.75. The largest absolute Gasteiger partial charge is 0.362 e. The Morgan fingerprint density at radius 3 is 2.20 bits per heavy atom. The van der Waals surface area contributed by atoms with Gasteiger partial charge in [0.2, 0.25) is 0 Å². The second-order valence-corrected chi connectivity index (χ2v) is 5.72. The van der Waals surface area contributed by atoms with Crippen molar-refractivity contribution in [1.29, 1.82) is 0 Å². The van der Waals surface area contributed by atoms with E-state index in [1.165, 1.54) is 16.8 Å². The van der Waals surface area contributed by atoms with Gasteiger partial charge in [0.15, 0.2) is 0 Å². The van der Waals surface area contributed by atoms with E-state index < -0.39 is 0 Å². The van der Waals surface area contributed by atoms with Crippen molar-refractivity contribution in [2.45, 2.75) is 51.9 Å². The summed E-state index contributed by atoms with van der Waals surface area (Å²) < 4.78 is 0. The molecule has 0 radical (unpaired) electrons. The Hall–Kier alpha value is -1.05. The second-order valence-electron chi connectivity index (χ2n) is 5.72. The van der Waals surface area contributed by atoms with E-state index in [1.54, 1.807) is 0 Å². The molecule has 1 heterocycles. The SMILES string of the molecule is Cc1[nH]c(C)c2c1C(C)(C)C[C@]2(C)C=O. The Bertz CT molecular complexity index is 428. The van der Waals surface area contributed by atoms with Crippen LogP contribution in [0.1, 0.15) is 49.7 Å². The number of aldehydes is 1. The van der Waals surface area contributed by atoms with Crippen LogP contribution in [-0.2, 0) is 15.6 Å².